The molecule has 5 nitrogen and oxygen atoms in total. The zero-order valence-corrected chi connectivity index (χ0v) is 12.0. The van der Waals surface area contributed by atoms with Gasteiger partial charge in [0, 0.05) is 5.69 Å². The molecule has 2 unspecified atom stereocenters. The van der Waals surface area contributed by atoms with E-state index in [0.717, 1.165) is 16.8 Å². The van der Waals surface area contributed by atoms with Crippen molar-refractivity contribution in [2.24, 2.45) is 0 Å². The summed E-state index contributed by atoms with van der Waals surface area (Å²) >= 11 is 0. The molecule has 110 valence electrons. The zero-order chi connectivity index (χ0) is 14.9. The summed E-state index contributed by atoms with van der Waals surface area (Å²) < 4.78 is 5.43. The number of ether oxygens (including phenoxy) is 1. The molecule has 1 heterocycles. The first-order chi connectivity index (χ1) is 9.35. The summed E-state index contributed by atoms with van der Waals surface area (Å²) in [6, 6.07) is 4.99. The number of anilines is 1. The second-order valence-electron chi connectivity index (χ2n) is 6.02. The number of hydrogen-bond donors (Lipinski definition) is 3. The Morgan fingerprint density at radius 1 is 1.35 bits per heavy atom. The van der Waals surface area contributed by atoms with Crippen molar-refractivity contribution in [2.45, 2.75) is 44.9 Å². The molecule has 1 aliphatic heterocycles. The Bertz CT molecular complexity index is 507. The van der Waals surface area contributed by atoms with Crippen molar-refractivity contribution >= 4 is 11.7 Å². The van der Waals surface area contributed by atoms with Crippen LogP contribution in [0.15, 0.2) is 18.2 Å². The van der Waals surface area contributed by atoms with Crippen LogP contribution in [0.5, 0.6) is 0 Å². The van der Waals surface area contributed by atoms with Crippen LogP contribution < -0.4 is 5.32 Å². The maximum Gasteiger partial charge on any atom is 0.316 e. The predicted molar refractivity (Wildman–Crippen MR) is 75.4 cm³/mol. The van der Waals surface area contributed by atoms with Crippen molar-refractivity contribution in [1.82, 2.24) is 0 Å². The molecule has 0 saturated carbocycles. The van der Waals surface area contributed by atoms with Crippen molar-refractivity contribution in [2.75, 3.05) is 11.9 Å². The van der Waals surface area contributed by atoms with Gasteiger partial charge in [0.15, 0.2) is 0 Å². The molecule has 20 heavy (non-hydrogen) atoms. The first-order valence-corrected chi connectivity index (χ1v) is 6.69. The summed E-state index contributed by atoms with van der Waals surface area (Å²) in [4.78, 5) is 12.4. The number of esters is 1. The summed E-state index contributed by atoms with van der Waals surface area (Å²) in [7, 11) is 0. The Morgan fingerprint density at radius 3 is 2.60 bits per heavy atom. The third kappa shape index (κ3) is 2.94. The highest BCUT2D eigenvalue weighted by atomic mass is 16.6. The number of rotatable bonds is 3. The number of carbonyl (C=O) groups excluding carboxylic acids is 1. The second kappa shape index (κ2) is 5.42. The maximum atomic E-state index is 12.4. The van der Waals surface area contributed by atoms with Crippen LogP contribution in [0.4, 0.5) is 5.69 Å². The Kier molecular flexibility index (Phi) is 4.01. The molecule has 0 radical (unpaired) electrons. The molecule has 5 heteroatoms. The van der Waals surface area contributed by atoms with E-state index in [9.17, 15) is 15.0 Å². The lowest BCUT2D eigenvalue weighted by molar-refractivity contribution is -0.157. The standard InChI is InChI=1S/C15H21NO4/c1-15(2,3)20-14(19)13-10-6-9(7-17)4-5-11(10)16-12(13)8-18/h4-6,12-13,16-18H,7-8H2,1-3H3. The molecule has 0 amide bonds. The van der Waals surface area contributed by atoms with Gasteiger partial charge in [0.25, 0.3) is 0 Å². The molecule has 0 spiro atoms. The quantitative estimate of drug-likeness (QED) is 0.729. The van der Waals surface area contributed by atoms with E-state index in [1.165, 1.54) is 0 Å². The van der Waals surface area contributed by atoms with Crippen LogP contribution in [0.2, 0.25) is 0 Å². The number of benzene rings is 1. The van der Waals surface area contributed by atoms with Crippen LogP contribution in [0.25, 0.3) is 0 Å². The van der Waals surface area contributed by atoms with Crippen molar-refractivity contribution in [3.05, 3.63) is 29.3 Å². The average molecular weight is 279 g/mol. The van der Waals surface area contributed by atoms with Gasteiger partial charge in [0.1, 0.15) is 11.5 Å². The average Bonchev–Trinajstić information content (AvgIpc) is 2.73. The minimum Gasteiger partial charge on any atom is -0.459 e. The Balaban J connectivity index is 2.34. The van der Waals surface area contributed by atoms with Crippen molar-refractivity contribution < 1.29 is 19.7 Å². The fraction of sp³-hybridized carbons (Fsp3) is 0.533. The monoisotopic (exact) mass is 279 g/mol. The Hall–Kier alpha value is -1.59. The summed E-state index contributed by atoms with van der Waals surface area (Å²) in [6.07, 6.45) is 0. The van der Waals surface area contributed by atoms with Gasteiger partial charge in [0.05, 0.1) is 19.3 Å². The highest BCUT2D eigenvalue weighted by Gasteiger charge is 2.39. The molecule has 1 aliphatic rings. The van der Waals surface area contributed by atoms with Gasteiger partial charge in [-0.15, -0.1) is 0 Å². The number of carbonyl (C=O) groups is 1. The van der Waals surface area contributed by atoms with E-state index in [2.05, 4.69) is 5.32 Å². The summed E-state index contributed by atoms with van der Waals surface area (Å²) in [5.74, 6) is -0.918. The van der Waals surface area contributed by atoms with Crippen LogP contribution in [0, 0.1) is 0 Å². The molecule has 1 aromatic carbocycles. The number of aliphatic hydroxyl groups excluding tert-OH is 2. The molecule has 2 atom stereocenters. The second-order valence-corrected chi connectivity index (χ2v) is 6.02. The molecular formula is C15H21NO4. The van der Waals surface area contributed by atoms with Crippen LogP contribution in [0.3, 0.4) is 0 Å². The van der Waals surface area contributed by atoms with E-state index in [-0.39, 0.29) is 19.2 Å². The van der Waals surface area contributed by atoms with E-state index in [4.69, 9.17) is 4.74 Å². The first kappa shape index (κ1) is 14.8. The molecule has 0 saturated heterocycles. The summed E-state index contributed by atoms with van der Waals surface area (Å²) in [6.45, 7) is 5.19. The minimum absolute atomic E-state index is 0.0852. The minimum atomic E-state index is -0.575. The van der Waals surface area contributed by atoms with Crippen LogP contribution in [-0.4, -0.2) is 34.4 Å². The molecule has 3 N–H and O–H groups in total. The Labute approximate surface area is 118 Å². The number of nitrogens with one attached hydrogen (secondary N) is 1. The number of fused-ring (bicyclic) bond motifs is 1. The molecule has 0 bridgehead atoms. The lowest BCUT2D eigenvalue weighted by Gasteiger charge is -2.24. The van der Waals surface area contributed by atoms with Gasteiger partial charge in [-0.05, 0) is 38.0 Å². The van der Waals surface area contributed by atoms with Gasteiger partial charge in [0.2, 0.25) is 0 Å². The van der Waals surface area contributed by atoms with Crippen LogP contribution in [-0.2, 0) is 16.1 Å². The highest BCUT2D eigenvalue weighted by Crippen LogP contribution is 2.38. The van der Waals surface area contributed by atoms with Gasteiger partial charge >= 0.3 is 5.97 Å². The summed E-state index contributed by atoms with van der Waals surface area (Å²) in [5, 5.41) is 21.8. The van der Waals surface area contributed by atoms with Crippen molar-refractivity contribution in [3.8, 4) is 0 Å². The van der Waals surface area contributed by atoms with E-state index in [1.807, 2.05) is 26.8 Å². The van der Waals surface area contributed by atoms with E-state index in [1.54, 1.807) is 12.1 Å². The lowest BCUT2D eigenvalue weighted by atomic mass is 9.94. The molecule has 0 aliphatic carbocycles. The van der Waals surface area contributed by atoms with Gasteiger partial charge < -0.3 is 20.3 Å². The van der Waals surface area contributed by atoms with Crippen LogP contribution >= 0.6 is 0 Å². The van der Waals surface area contributed by atoms with Crippen molar-refractivity contribution in [3.63, 3.8) is 0 Å². The van der Waals surface area contributed by atoms with Gasteiger partial charge in [-0.1, -0.05) is 12.1 Å². The van der Waals surface area contributed by atoms with Gasteiger partial charge in [-0.25, -0.2) is 0 Å². The van der Waals surface area contributed by atoms with Crippen molar-refractivity contribution in [1.29, 1.82) is 0 Å². The molecule has 2 rings (SSSR count). The maximum absolute atomic E-state index is 12.4. The SMILES string of the molecule is CC(C)(C)OC(=O)C1c2cc(CO)ccc2NC1CO. The van der Waals surface area contributed by atoms with E-state index < -0.39 is 17.6 Å². The molecule has 0 aromatic heterocycles. The lowest BCUT2D eigenvalue weighted by Crippen LogP contribution is -2.35. The number of hydrogen-bond acceptors (Lipinski definition) is 5. The molecule has 1 aromatic rings. The van der Waals surface area contributed by atoms with E-state index >= 15 is 0 Å². The normalized spacial score (nSPS) is 21.2. The molecule has 0 fully saturated rings. The fourth-order valence-corrected chi connectivity index (χ4v) is 2.41. The third-order valence-electron chi connectivity index (χ3n) is 3.23. The Morgan fingerprint density at radius 2 is 2.05 bits per heavy atom. The van der Waals surface area contributed by atoms with Crippen LogP contribution in [0.1, 0.15) is 37.8 Å². The highest BCUT2D eigenvalue weighted by molar-refractivity contribution is 5.85. The van der Waals surface area contributed by atoms with Gasteiger partial charge in [-0.2, -0.15) is 0 Å². The number of aliphatic hydroxyl groups is 2. The van der Waals surface area contributed by atoms with E-state index in [0.29, 0.717) is 0 Å². The summed E-state index contributed by atoms with van der Waals surface area (Å²) in [5.41, 5.74) is 1.73. The first-order valence-electron chi connectivity index (χ1n) is 6.69. The van der Waals surface area contributed by atoms with Gasteiger partial charge in [-0.3, -0.25) is 4.79 Å². The fourth-order valence-electron chi connectivity index (χ4n) is 2.41. The third-order valence-corrected chi connectivity index (χ3v) is 3.23. The topological polar surface area (TPSA) is 78.8 Å². The zero-order valence-electron chi connectivity index (χ0n) is 12.0. The predicted octanol–water partition coefficient (Wildman–Crippen LogP) is 1.39. The largest absolute Gasteiger partial charge is 0.459 e. The molecular weight excluding hydrogens is 258 g/mol. The smallest absolute Gasteiger partial charge is 0.316 e.